The summed E-state index contributed by atoms with van der Waals surface area (Å²) in [6.45, 7) is 5.58. The molecule has 1 N–H and O–H groups in total. The van der Waals surface area contributed by atoms with Crippen molar-refractivity contribution >= 4 is 11.6 Å². The highest BCUT2D eigenvalue weighted by Crippen LogP contribution is 2.28. The molecule has 0 saturated carbocycles. The first-order chi connectivity index (χ1) is 12.2. The number of hydrogen-bond donors (Lipinski definition) is 1. The molecule has 0 aliphatic carbocycles. The molecule has 2 aromatic rings. The lowest BCUT2D eigenvalue weighted by Gasteiger charge is -2.26. The van der Waals surface area contributed by atoms with Crippen LogP contribution < -0.4 is 10.1 Å². The van der Waals surface area contributed by atoms with Gasteiger partial charge in [0.15, 0.2) is 0 Å². The van der Waals surface area contributed by atoms with Gasteiger partial charge in [0.2, 0.25) is 0 Å². The first-order valence-corrected chi connectivity index (χ1v) is 9.12. The van der Waals surface area contributed by atoms with E-state index in [2.05, 4.69) is 28.4 Å². The Balaban J connectivity index is 1.68. The molecule has 0 unspecified atom stereocenters. The maximum atomic E-state index is 6.05. The summed E-state index contributed by atoms with van der Waals surface area (Å²) >= 11 is 6.05. The molecule has 0 aromatic heterocycles. The van der Waals surface area contributed by atoms with Gasteiger partial charge in [-0.25, -0.2) is 0 Å². The Morgan fingerprint density at radius 2 is 2.00 bits per heavy atom. The summed E-state index contributed by atoms with van der Waals surface area (Å²) in [4.78, 5) is 2.46. The summed E-state index contributed by atoms with van der Waals surface area (Å²) < 4.78 is 11.4. The smallest absolute Gasteiger partial charge is 0.131 e. The number of halogens is 1. The summed E-state index contributed by atoms with van der Waals surface area (Å²) in [7, 11) is 1.95. The van der Waals surface area contributed by atoms with Crippen molar-refractivity contribution in [3.05, 3.63) is 58.6 Å². The van der Waals surface area contributed by atoms with E-state index < -0.39 is 0 Å². The third-order valence-electron chi connectivity index (χ3n) is 4.34. The number of benzene rings is 2. The highest BCUT2D eigenvalue weighted by molar-refractivity contribution is 6.30. The second-order valence-corrected chi connectivity index (χ2v) is 6.67. The van der Waals surface area contributed by atoms with E-state index in [1.165, 1.54) is 5.56 Å². The number of nitrogens with zero attached hydrogens (tertiary/aromatic N) is 1. The van der Waals surface area contributed by atoms with Crippen LogP contribution in [0.1, 0.15) is 11.1 Å². The minimum atomic E-state index is 0.676. The van der Waals surface area contributed by atoms with E-state index in [0.29, 0.717) is 5.02 Å². The molecule has 0 spiro atoms. The van der Waals surface area contributed by atoms with Gasteiger partial charge < -0.3 is 14.8 Å². The zero-order valence-electron chi connectivity index (χ0n) is 14.6. The predicted molar refractivity (Wildman–Crippen MR) is 102 cm³/mol. The summed E-state index contributed by atoms with van der Waals surface area (Å²) in [6.07, 6.45) is 1.04. The third-order valence-corrected chi connectivity index (χ3v) is 4.57. The number of morpholine rings is 1. The van der Waals surface area contributed by atoms with E-state index in [9.17, 15) is 0 Å². The van der Waals surface area contributed by atoms with Gasteiger partial charge in [-0.2, -0.15) is 0 Å². The monoisotopic (exact) mass is 360 g/mol. The van der Waals surface area contributed by atoms with Crippen molar-refractivity contribution in [2.45, 2.75) is 13.0 Å². The average Bonchev–Trinajstić information content (AvgIpc) is 2.63. The van der Waals surface area contributed by atoms with Crippen molar-refractivity contribution in [2.75, 3.05) is 39.9 Å². The zero-order chi connectivity index (χ0) is 17.5. The van der Waals surface area contributed by atoms with Crippen LogP contribution in [-0.2, 0) is 17.7 Å². The van der Waals surface area contributed by atoms with Gasteiger partial charge >= 0.3 is 0 Å². The number of ether oxygens (including phenoxy) is 2. The molecule has 2 aromatic carbocycles. The third kappa shape index (κ3) is 5.44. The lowest BCUT2D eigenvalue weighted by atomic mass is 10.1. The van der Waals surface area contributed by atoms with Crippen molar-refractivity contribution in [3.8, 4) is 11.5 Å². The molecule has 5 heteroatoms. The standard InChI is InChI=1S/C20H25ClN2O2/c1-22-15-17-13-16(7-8-23-9-11-24-12-10-23)5-6-20(17)25-19-4-2-3-18(21)14-19/h2-6,13-14,22H,7-12,15H2,1H3. The molecular formula is C20H25ClN2O2. The molecule has 0 atom stereocenters. The highest BCUT2D eigenvalue weighted by Gasteiger charge is 2.11. The molecule has 25 heavy (non-hydrogen) atoms. The Kier molecular flexibility index (Phi) is 6.70. The Labute approximate surface area is 154 Å². The van der Waals surface area contributed by atoms with Crippen LogP contribution in [0.15, 0.2) is 42.5 Å². The number of hydrogen-bond acceptors (Lipinski definition) is 4. The molecule has 134 valence electrons. The maximum absolute atomic E-state index is 6.05. The van der Waals surface area contributed by atoms with Gasteiger partial charge in [0.1, 0.15) is 11.5 Å². The zero-order valence-corrected chi connectivity index (χ0v) is 15.4. The number of nitrogens with one attached hydrogen (secondary N) is 1. The molecular weight excluding hydrogens is 336 g/mol. The number of rotatable bonds is 7. The molecule has 0 bridgehead atoms. The minimum absolute atomic E-state index is 0.676. The van der Waals surface area contributed by atoms with Gasteiger partial charge in [-0.3, -0.25) is 4.90 Å². The van der Waals surface area contributed by atoms with Crippen molar-refractivity contribution in [2.24, 2.45) is 0 Å². The highest BCUT2D eigenvalue weighted by atomic mass is 35.5. The molecule has 0 amide bonds. The van der Waals surface area contributed by atoms with Gasteiger partial charge in [0.05, 0.1) is 13.2 Å². The van der Waals surface area contributed by atoms with Crippen LogP contribution in [0.25, 0.3) is 0 Å². The van der Waals surface area contributed by atoms with E-state index in [-0.39, 0.29) is 0 Å². The summed E-state index contributed by atoms with van der Waals surface area (Å²) in [6, 6.07) is 13.9. The van der Waals surface area contributed by atoms with Crippen molar-refractivity contribution in [3.63, 3.8) is 0 Å². The van der Waals surface area contributed by atoms with Crippen LogP contribution in [0.2, 0.25) is 5.02 Å². The fourth-order valence-electron chi connectivity index (χ4n) is 2.99. The maximum Gasteiger partial charge on any atom is 0.131 e. The molecule has 3 rings (SSSR count). The Morgan fingerprint density at radius 1 is 1.16 bits per heavy atom. The predicted octanol–water partition coefficient (Wildman–Crippen LogP) is 3.73. The van der Waals surface area contributed by atoms with E-state index >= 15 is 0 Å². The van der Waals surface area contributed by atoms with Crippen LogP contribution >= 0.6 is 11.6 Å². The Morgan fingerprint density at radius 3 is 2.76 bits per heavy atom. The second kappa shape index (κ2) is 9.20. The summed E-state index contributed by atoms with van der Waals surface area (Å²) in [5.74, 6) is 1.62. The quantitative estimate of drug-likeness (QED) is 0.815. The Bertz CT molecular complexity index is 687. The largest absolute Gasteiger partial charge is 0.457 e. The normalized spacial score (nSPS) is 15.3. The topological polar surface area (TPSA) is 33.7 Å². The fraction of sp³-hybridized carbons (Fsp3) is 0.400. The van der Waals surface area contributed by atoms with Crippen LogP contribution in [0.4, 0.5) is 0 Å². The van der Waals surface area contributed by atoms with Crippen LogP contribution in [0.5, 0.6) is 11.5 Å². The second-order valence-electron chi connectivity index (χ2n) is 6.24. The van der Waals surface area contributed by atoms with E-state index in [0.717, 1.165) is 62.9 Å². The van der Waals surface area contributed by atoms with Crippen LogP contribution in [0.3, 0.4) is 0 Å². The van der Waals surface area contributed by atoms with Gasteiger partial charge in [0, 0.05) is 36.8 Å². The van der Waals surface area contributed by atoms with Crippen molar-refractivity contribution < 1.29 is 9.47 Å². The van der Waals surface area contributed by atoms with E-state index in [4.69, 9.17) is 21.1 Å². The molecule has 4 nitrogen and oxygen atoms in total. The Hall–Kier alpha value is -1.59. The van der Waals surface area contributed by atoms with Gasteiger partial charge in [0.25, 0.3) is 0 Å². The molecule has 1 heterocycles. The van der Waals surface area contributed by atoms with E-state index in [1.54, 1.807) is 0 Å². The lowest BCUT2D eigenvalue weighted by Crippen LogP contribution is -2.37. The van der Waals surface area contributed by atoms with E-state index in [1.807, 2.05) is 31.3 Å². The summed E-state index contributed by atoms with van der Waals surface area (Å²) in [5, 5.41) is 3.90. The summed E-state index contributed by atoms with van der Waals surface area (Å²) in [5.41, 5.74) is 2.48. The first-order valence-electron chi connectivity index (χ1n) is 8.74. The van der Waals surface area contributed by atoms with Gasteiger partial charge in [-0.05, 0) is 43.3 Å². The molecule has 1 aliphatic rings. The first kappa shape index (κ1) is 18.2. The molecule has 1 saturated heterocycles. The van der Waals surface area contributed by atoms with Gasteiger partial charge in [-0.15, -0.1) is 0 Å². The average molecular weight is 361 g/mol. The van der Waals surface area contributed by atoms with Crippen molar-refractivity contribution in [1.82, 2.24) is 10.2 Å². The SMILES string of the molecule is CNCc1cc(CCN2CCOCC2)ccc1Oc1cccc(Cl)c1. The van der Waals surface area contributed by atoms with Gasteiger partial charge in [-0.1, -0.05) is 29.8 Å². The van der Waals surface area contributed by atoms with Crippen LogP contribution in [-0.4, -0.2) is 44.8 Å². The molecule has 1 aliphatic heterocycles. The van der Waals surface area contributed by atoms with Crippen LogP contribution in [0, 0.1) is 0 Å². The fourth-order valence-corrected chi connectivity index (χ4v) is 3.17. The molecule has 1 fully saturated rings. The molecule has 0 radical (unpaired) electrons. The minimum Gasteiger partial charge on any atom is -0.457 e. The van der Waals surface area contributed by atoms with Crippen molar-refractivity contribution in [1.29, 1.82) is 0 Å². The lowest BCUT2D eigenvalue weighted by molar-refractivity contribution is 0.0384.